The molecule has 0 saturated carbocycles. The summed E-state index contributed by atoms with van der Waals surface area (Å²) in [5, 5.41) is 7.09. The molecule has 16 heavy (non-hydrogen) atoms. The van der Waals surface area contributed by atoms with Gasteiger partial charge in [-0.1, -0.05) is 13.8 Å². The summed E-state index contributed by atoms with van der Waals surface area (Å²) in [6.45, 7) is 14.0. The lowest BCUT2D eigenvalue weighted by atomic mass is 9.82. The number of hydrogen-bond acceptors (Lipinski definition) is 3. The van der Waals surface area contributed by atoms with Gasteiger partial charge in [-0.05, 0) is 38.6 Å². The maximum Gasteiger partial charge on any atom is 0.0471 e. The first-order valence-corrected chi connectivity index (χ1v) is 6.51. The van der Waals surface area contributed by atoms with Crippen LogP contribution in [0.15, 0.2) is 0 Å². The maximum absolute atomic E-state index is 5.41. The van der Waals surface area contributed by atoms with Gasteiger partial charge in [0.15, 0.2) is 0 Å². The van der Waals surface area contributed by atoms with Gasteiger partial charge in [0.25, 0.3) is 0 Å². The van der Waals surface area contributed by atoms with Crippen LogP contribution in [0.5, 0.6) is 0 Å². The fourth-order valence-electron chi connectivity index (χ4n) is 2.26. The van der Waals surface area contributed by atoms with Crippen molar-refractivity contribution in [3.8, 4) is 0 Å². The molecule has 3 heteroatoms. The topological polar surface area (TPSA) is 33.3 Å². The van der Waals surface area contributed by atoms with Crippen LogP contribution < -0.4 is 10.6 Å². The minimum atomic E-state index is 0.191. The Balaban J connectivity index is 2.23. The molecule has 0 bridgehead atoms. The summed E-state index contributed by atoms with van der Waals surface area (Å²) < 4.78 is 5.41. The molecule has 0 atom stereocenters. The highest BCUT2D eigenvalue weighted by Gasteiger charge is 2.27. The number of rotatable bonds is 6. The second-order valence-electron chi connectivity index (χ2n) is 5.94. The van der Waals surface area contributed by atoms with E-state index in [1.54, 1.807) is 0 Å². The molecule has 1 heterocycles. The van der Waals surface area contributed by atoms with Gasteiger partial charge >= 0.3 is 0 Å². The predicted molar refractivity (Wildman–Crippen MR) is 68.8 cm³/mol. The average Bonchev–Trinajstić information content (AvgIpc) is 2.17. The Morgan fingerprint density at radius 2 is 1.88 bits per heavy atom. The Kier molecular flexibility index (Phi) is 5.22. The largest absolute Gasteiger partial charge is 0.381 e. The number of hydrogen-bond donors (Lipinski definition) is 2. The smallest absolute Gasteiger partial charge is 0.0471 e. The van der Waals surface area contributed by atoms with Crippen molar-refractivity contribution in [1.82, 2.24) is 10.6 Å². The summed E-state index contributed by atoms with van der Waals surface area (Å²) in [7, 11) is 0. The fourth-order valence-corrected chi connectivity index (χ4v) is 2.26. The van der Waals surface area contributed by atoms with Gasteiger partial charge in [0.1, 0.15) is 0 Å². The van der Waals surface area contributed by atoms with E-state index in [4.69, 9.17) is 4.74 Å². The third kappa shape index (κ3) is 4.81. The van der Waals surface area contributed by atoms with Crippen molar-refractivity contribution in [3.05, 3.63) is 0 Å². The minimum Gasteiger partial charge on any atom is -0.381 e. The first kappa shape index (κ1) is 13.9. The van der Waals surface area contributed by atoms with Crippen molar-refractivity contribution in [2.24, 2.45) is 5.41 Å². The lowest BCUT2D eigenvalue weighted by Crippen LogP contribution is -2.49. The van der Waals surface area contributed by atoms with Crippen LogP contribution in [0.2, 0.25) is 0 Å². The summed E-state index contributed by atoms with van der Waals surface area (Å²) in [5.74, 6) is 0. The van der Waals surface area contributed by atoms with Crippen molar-refractivity contribution in [2.45, 2.75) is 46.1 Å². The molecule has 0 spiro atoms. The standard InChI is InChI=1S/C13H28N2O/c1-5-15-12(2,3)10-14-11-13(4)6-8-16-9-7-13/h14-15H,5-11H2,1-4H3. The molecule has 1 rings (SSSR count). The van der Waals surface area contributed by atoms with Gasteiger partial charge in [-0.25, -0.2) is 0 Å². The normalized spacial score (nSPS) is 21.0. The second kappa shape index (κ2) is 5.99. The van der Waals surface area contributed by atoms with E-state index in [1.807, 2.05) is 0 Å². The molecule has 3 nitrogen and oxygen atoms in total. The number of nitrogens with one attached hydrogen (secondary N) is 2. The maximum atomic E-state index is 5.41. The number of ether oxygens (including phenoxy) is 1. The molecule has 0 aliphatic carbocycles. The summed E-state index contributed by atoms with van der Waals surface area (Å²) in [6.07, 6.45) is 2.36. The molecule has 0 unspecified atom stereocenters. The molecule has 1 fully saturated rings. The molecule has 1 aliphatic heterocycles. The summed E-state index contributed by atoms with van der Waals surface area (Å²) in [4.78, 5) is 0. The third-order valence-corrected chi connectivity index (χ3v) is 3.47. The molecule has 0 radical (unpaired) electrons. The van der Waals surface area contributed by atoms with E-state index in [9.17, 15) is 0 Å². The van der Waals surface area contributed by atoms with Gasteiger partial charge in [0.05, 0.1) is 0 Å². The molecule has 2 N–H and O–H groups in total. The zero-order valence-electron chi connectivity index (χ0n) is 11.4. The van der Waals surface area contributed by atoms with E-state index >= 15 is 0 Å². The van der Waals surface area contributed by atoms with Crippen molar-refractivity contribution in [3.63, 3.8) is 0 Å². The highest BCUT2D eigenvalue weighted by molar-refractivity contribution is 4.84. The van der Waals surface area contributed by atoms with Crippen LogP contribution in [0, 0.1) is 5.41 Å². The first-order valence-electron chi connectivity index (χ1n) is 6.51. The number of likely N-dealkylation sites (N-methyl/N-ethyl adjacent to an activating group) is 1. The van der Waals surface area contributed by atoms with Crippen LogP contribution in [0.4, 0.5) is 0 Å². The molecule has 0 aromatic heterocycles. The Bertz CT molecular complexity index is 198. The fraction of sp³-hybridized carbons (Fsp3) is 1.00. The zero-order valence-corrected chi connectivity index (χ0v) is 11.4. The molecule has 96 valence electrons. The van der Waals surface area contributed by atoms with Gasteiger partial charge < -0.3 is 15.4 Å². The van der Waals surface area contributed by atoms with E-state index in [0.29, 0.717) is 5.41 Å². The van der Waals surface area contributed by atoms with E-state index < -0.39 is 0 Å². The highest BCUT2D eigenvalue weighted by Crippen LogP contribution is 2.28. The van der Waals surface area contributed by atoms with Crippen molar-refractivity contribution >= 4 is 0 Å². The van der Waals surface area contributed by atoms with Crippen LogP contribution >= 0.6 is 0 Å². The Hall–Kier alpha value is -0.120. The van der Waals surface area contributed by atoms with Gasteiger partial charge in [0.2, 0.25) is 0 Å². The zero-order chi connectivity index (χ0) is 12.1. The Morgan fingerprint density at radius 3 is 2.44 bits per heavy atom. The van der Waals surface area contributed by atoms with Gasteiger partial charge in [-0.2, -0.15) is 0 Å². The predicted octanol–water partition coefficient (Wildman–Crippen LogP) is 1.78. The minimum absolute atomic E-state index is 0.191. The van der Waals surface area contributed by atoms with E-state index in [-0.39, 0.29) is 5.54 Å². The molecule has 0 amide bonds. The lowest BCUT2D eigenvalue weighted by molar-refractivity contribution is 0.0236. The van der Waals surface area contributed by atoms with Crippen molar-refractivity contribution in [2.75, 3.05) is 32.8 Å². The Labute approximate surface area is 100 Å². The molecule has 1 aliphatic rings. The van der Waals surface area contributed by atoms with E-state index in [1.165, 1.54) is 12.8 Å². The van der Waals surface area contributed by atoms with Gasteiger partial charge in [-0.15, -0.1) is 0 Å². The Morgan fingerprint density at radius 1 is 1.25 bits per heavy atom. The monoisotopic (exact) mass is 228 g/mol. The lowest BCUT2D eigenvalue weighted by Gasteiger charge is -2.35. The van der Waals surface area contributed by atoms with Crippen LogP contribution in [0.1, 0.15) is 40.5 Å². The first-order chi connectivity index (χ1) is 7.47. The van der Waals surface area contributed by atoms with Crippen molar-refractivity contribution in [1.29, 1.82) is 0 Å². The van der Waals surface area contributed by atoms with Crippen molar-refractivity contribution < 1.29 is 4.74 Å². The molecular weight excluding hydrogens is 200 g/mol. The van der Waals surface area contributed by atoms with Gasteiger partial charge in [0, 0.05) is 31.8 Å². The van der Waals surface area contributed by atoms with Crippen LogP contribution in [-0.4, -0.2) is 38.4 Å². The third-order valence-electron chi connectivity index (χ3n) is 3.47. The summed E-state index contributed by atoms with van der Waals surface area (Å²) in [6, 6.07) is 0. The molecular formula is C13H28N2O. The SMILES string of the molecule is CCNC(C)(C)CNCC1(C)CCOCC1. The highest BCUT2D eigenvalue weighted by atomic mass is 16.5. The van der Waals surface area contributed by atoms with Crippen LogP contribution in [0.25, 0.3) is 0 Å². The van der Waals surface area contributed by atoms with E-state index in [0.717, 1.165) is 32.8 Å². The average molecular weight is 228 g/mol. The second-order valence-corrected chi connectivity index (χ2v) is 5.94. The summed E-state index contributed by atoms with van der Waals surface area (Å²) >= 11 is 0. The molecule has 0 aromatic carbocycles. The molecule has 0 aromatic rings. The van der Waals surface area contributed by atoms with Crippen LogP contribution in [0.3, 0.4) is 0 Å². The van der Waals surface area contributed by atoms with Gasteiger partial charge in [-0.3, -0.25) is 0 Å². The quantitative estimate of drug-likeness (QED) is 0.727. The molecule has 1 saturated heterocycles. The van der Waals surface area contributed by atoms with Crippen LogP contribution in [-0.2, 0) is 4.74 Å². The van der Waals surface area contributed by atoms with E-state index in [2.05, 4.69) is 38.3 Å². The summed E-state index contributed by atoms with van der Waals surface area (Å²) in [5.41, 5.74) is 0.622.